The number of pyridine rings is 1. The van der Waals surface area contributed by atoms with E-state index in [1.165, 1.54) is 0 Å². The average Bonchev–Trinajstić information content (AvgIpc) is 2.76. The molecule has 4 rings (SSSR count). The van der Waals surface area contributed by atoms with E-state index in [4.69, 9.17) is 9.47 Å². The molecule has 30 heavy (non-hydrogen) atoms. The van der Waals surface area contributed by atoms with Crippen LogP contribution in [0.25, 0.3) is 11.1 Å². The van der Waals surface area contributed by atoms with Crippen molar-refractivity contribution in [3.8, 4) is 11.1 Å². The molecule has 6 heteroatoms. The minimum atomic E-state index is -0.720. The molecule has 0 aliphatic carbocycles. The summed E-state index contributed by atoms with van der Waals surface area (Å²) < 4.78 is 11.9. The minimum Gasteiger partial charge on any atom is -0.348 e. The van der Waals surface area contributed by atoms with Gasteiger partial charge in [0.25, 0.3) is 0 Å². The third kappa shape index (κ3) is 4.67. The summed E-state index contributed by atoms with van der Waals surface area (Å²) in [5, 5.41) is 5.98. The van der Waals surface area contributed by atoms with Gasteiger partial charge in [0.05, 0.1) is 18.3 Å². The highest BCUT2D eigenvalue weighted by Gasteiger charge is 2.38. The van der Waals surface area contributed by atoms with E-state index >= 15 is 0 Å². The van der Waals surface area contributed by atoms with Crippen LogP contribution in [-0.2, 0) is 9.47 Å². The first-order valence-corrected chi connectivity index (χ1v) is 9.95. The Bertz CT molecular complexity index is 993. The predicted octanol–water partition coefficient (Wildman–Crippen LogP) is 4.76. The van der Waals surface area contributed by atoms with Crippen LogP contribution in [0, 0.1) is 0 Å². The quantitative estimate of drug-likeness (QED) is 0.659. The van der Waals surface area contributed by atoms with Crippen molar-refractivity contribution >= 4 is 11.7 Å². The smallest absolute Gasteiger partial charge is 0.319 e. The number of aromatic nitrogens is 1. The van der Waals surface area contributed by atoms with Crippen molar-refractivity contribution in [1.29, 1.82) is 0 Å². The number of rotatable bonds is 4. The van der Waals surface area contributed by atoms with Crippen molar-refractivity contribution in [1.82, 2.24) is 10.3 Å². The molecule has 2 aromatic carbocycles. The molecule has 154 valence electrons. The Morgan fingerprint density at radius 3 is 2.57 bits per heavy atom. The maximum atomic E-state index is 12.9. The van der Waals surface area contributed by atoms with Crippen molar-refractivity contribution in [3.63, 3.8) is 0 Å². The van der Waals surface area contributed by atoms with E-state index in [0.29, 0.717) is 12.3 Å². The fourth-order valence-electron chi connectivity index (χ4n) is 3.55. The summed E-state index contributed by atoms with van der Waals surface area (Å²) in [4.78, 5) is 17.0. The van der Waals surface area contributed by atoms with Crippen LogP contribution in [0.4, 0.5) is 10.5 Å². The minimum absolute atomic E-state index is 0.311. The molecule has 1 aromatic heterocycles. The first kappa shape index (κ1) is 20.1. The highest BCUT2D eigenvalue weighted by Crippen LogP contribution is 2.33. The van der Waals surface area contributed by atoms with Crippen molar-refractivity contribution in [3.05, 3.63) is 84.7 Å². The summed E-state index contributed by atoms with van der Waals surface area (Å²) in [5.41, 5.74) is 3.53. The number of carbonyl (C=O) groups is 1. The van der Waals surface area contributed by atoms with Gasteiger partial charge in [0.15, 0.2) is 5.79 Å². The van der Waals surface area contributed by atoms with E-state index < -0.39 is 5.79 Å². The summed E-state index contributed by atoms with van der Waals surface area (Å²) in [6, 6.07) is 20.7. The van der Waals surface area contributed by atoms with E-state index in [-0.39, 0.29) is 18.2 Å². The summed E-state index contributed by atoms with van der Waals surface area (Å²) in [6.07, 6.45) is 3.18. The van der Waals surface area contributed by atoms with Crippen LogP contribution >= 0.6 is 0 Å². The number of para-hydroxylation sites is 1. The Morgan fingerprint density at radius 1 is 1.03 bits per heavy atom. The molecule has 2 atom stereocenters. The summed E-state index contributed by atoms with van der Waals surface area (Å²) in [7, 11) is 0. The Kier molecular flexibility index (Phi) is 5.79. The van der Waals surface area contributed by atoms with Gasteiger partial charge >= 0.3 is 6.03 Å². The maximum absolute atomic E-state index is 12.9. The van der Waals surface area contributed by atoms with Gasteiger partial charge in [0.1, 0.15) is 6.10 Å². The molecule has 1 fully saturated rings. The van der Waals surface area contributed by atoms with Crippen molar-refractivity contribution in [2.45, 2.75) is 31.8 Å². The van der Waals surface area contributed by atoms with Gasteiger partial charge in [0, 0.05) is 23.5 Å². The molecule has 0 spiro atoms. The number of amides is 2. The third-order valence-corrected chi connectivity index (χ3v) is 4.98. The van der Waals surface area contributed by atoms with Gasteiger partial charge in [-0.15, -0.1) is 0 Å². The molecule has 1 saturated heterocycles. The Labute approximate surface area is 176 Å². The Balaban J connectivity index is 1.51. The molecular weight excluding hydrogens is 378 g/mol. The van der Waals surface area contributed by atoms with Gasteiger partial charge in [-0.3, -0.25) is 4.98 Å². The van der Waals surface area contributed by atoms with E-state index in [1.807, 2.05) is 80.6 Å². The number of benzene rings is 2. The van der Waals surface area contributed by atoms with E-state index in [9.17, 15) is 4.79 Å². The standard InChI is InChI=1S/C24H25N3O3/c1-24(2)29-16-21(22(30-24)17-9-4-3-5-10-17)27-23(28)26-20-13-7-6-12-19(20)18-11-8-14-25-15-18/h3-15,21-22H,16H2,1-2H3,(H2,26,27,28)/t21-,22-/m0/s1. The van der Waals surface area contributed by atoms with Crippen LogP contribution in [0.2, 0.25) is 0 Å². The fraction of sp³-hybridized carbons (Fsp3) is 0.250. The number of urea groups is 1. The fourth-order valence-corrected chi connectivity index (χ4v) is 3.55. The number of nitrogens with zero attached hydrogens (tertiary/aromatic N) is 1. The van der Waals surface area contributed by atoms with Crippen LogP contribution in [0.5, 0.6) is 0 Å². The summed E-state index contributed by atoms with van der Waals surface area (Å²) in [6.45, 7) is 4.11. The first-order valence-electron chi connectivity index (χ1n) is 9.95. The van der Waals surface area contributed by atoms with Gasteiger partial charge < -0.3 is 20.1 Å². The lowest BCUT2D eigenvalue weighted by Gasteiger charge is -2.41. The maximum Gasteiger partial charge on any atom is 0.319 e. The number of nitrogens with one attached hydrogen (secondary N) is 2. The zero-order chi connectivity index (χ0) is 21.0. The van der Waals surface area contributed by atoms with Gasteiger partial charge in [-0.2, -0.15) is 0 Å². The average molecular weight is 403 g/mol. The van der Waals surface area contributed by atoms with E-state index in [2.05, 4.69) is 15.6 Å². The third-order valence-electron chi connectivity index (χ3n) is 4.98. The number of hydrogen-bond donors (Lipinski definition) is 2. The monoisotopic (exact) mass is 403 g/mol. The zero-order valence-electron chi connectivity index (χ0n) is 17.0. The number of hydrogen-bond acceptors (Lipinski definition) is 4. The molecule has 1 aliphatic heterocycles. The van der Waals surface area contributed by atoms with Crippen molar-refractivity contribution < 1.29 is 14.3 Å². The second-order valence-corrected chi connectivity index (χ2v) is 7.65. The molecular formula is C24H25N3O3. The normalized spacial score (nSPS) is 20.3. The number of ether oxygens (including phenoxy) is 2. The summed E-state index contributed by atoms with van der Waals surface area (Å²) >= 11 is 0. The lowest BCUT2D eigenvalue weighted by Crippen LogP contribution is -2.52. The molecule has 0 saturated carbocycles. The molecule has 0 bridgehead atoms. The second kappa shape index (κ2) is 8.65. The van der Waals surface area contributed by atoms with Gasteiger partial charge in [-0.25, -0.2) is 4.79 Å². The lowest BCUT2D eigenvalue weighted by atomic mass is 10.0. The largest absolute Gasteiger partial charge is 0.348 e. The number of carbonyl (C=O) groups excluding carboxylic acids is 1. The molecule has 0 radical (unpaired) electrons. The highest BCUT2D eigenvalue weighted by atomic mass is 16.7. The van der Waals surface area contributed by atoms with Crippen molar-refractivity contribution in [2.75, 3.05) is 11.9 Å². The molecule has 1 aliphatic rings. The molecule has 2 amide bonds. The Morgan fingerprint density at radius 2 is 1.80 bits per heavy atom. The number of anilines is 1. The highest BCUT2D eigenvalue weighted by molar-refractivity contribution is 5.94. The second-order valence-electron chi connectivity index (χ2n) is 7.65. The van der Waals surface area contributed by atoms with Crippen LogP contribution in [0.3, 0.4) is 0 Å². The Hall–Kier alpha value is -3.22. The van der Waals surface area contributed by atoms with Crippen LogP contribution in [-0.4, -0.2) is 29.5 Å². The van der Waals surface area contributed by atoms with Crippen molar-refractivity contribution in [2.24, 2.45) is 0 Å². The molecule has 0 unspecified atom stereocenters. The van der Waals surface area contributed by atoms with E-state index in [1.54, 1.807) is 12.4 Å². The first-order chi connectivity index (χ1) is 14.5. The van der Waals surface area contributed by atoms with Crippen LogP contribution < -0.4 is 10.6 Å². The molecule has 2 heterocycles. The zero-order valence-corrected chi connectivity index (χ0v) is 17.0. The SMILES string of the molecule is CC1(C)OC[C@H](NC(=O)Nc2ccccc2-c2cccnc2)[C@H](c2ccccc2)O1. The van der Waals surface area contributed by atoms with Gasteiger partial charge in [-0.05, 0) is 31.5 Å². The topological polar surface area (TPSA) is 72.5 Å². The van der Waals surface area contributed by atoms with Crippen LogP contribution in [0.1, 0.15) is 25.5 Å². The van der Waals surface area contributed by atoms with E-state index in [0.717, 1.165) is 16.7 Å². The summed E-state index contributed by atoms with van der Waals surface area (Å²) in [5.74, 6) is -0.720. The lowest BCUT2D eigenvalue weighted by molar-refractivity contribution is -0.284. The molecule has 3 aromatic rings. The molecule has 6 nitrogen and oxygen atoms in total. The van der Waals surface area contributed by atoms with Crippen LogP contribution in [0.15, 0.2) is 79.1 Å². The molecule has 2 N–H and O–H groups in total. The van der Waals surface area contributed by atoms with Gasteiger partial charge in [-0.1, -0.05) is 54.6 Å². The predicted molar refractivity (Wildman–Crippen MR) is 116 cm³/mol. The van der Waals surface area contributed by atoms with Gasteiger partial charge in [0.2, 0.25) is 0 Å².